The predicted octanol–water partition coefficient (Wildman–Crippen LogP) is 2.38. The topological polar surface area (TPSA) is 106 Å². The number of imide groups is 1. The number of carbonyl (C=O) groups excluding carboxylic acids is 3. The Labute approximate surface area is 177 Å². The molecule has 1 heterocycles. The zero-order valence-corrected chi connectivity index (χ0v) is 17.0. The second kappa shape index (κ2) is 9.16. The summed E-state index contributed by atoms with van der Waals surface area (Å²) in [6, 6.07) is 8.04. The number of benzene rings is 2. The molecule has 9 nitrogen and oxygen atoms in total. The van der Waals surface area contributed by atoms with Gasteiger partial charge >= 0.3 is 6.03 Å². The molecule has 0 radical (unpaired) electrons. The molecule has 10 heteroatoms. The molecule has 1 aliphatic heterocycles. The summed E-state index contributed by atoms with van der Waals surface area (Å²) in [5.74, 6) is -1.03. The average Bonchev–Trinajstić information content (AvgIpc) is 3.02. The summed E-state index contributed by atoms with van der Waals surface area (Å²) >= 11 is 0. The highest BCUT2D eigenvalue weighted by Crippen LogP contribution is 2.40. The Balaban J connectivity index is 1.81. The van der Waals surface area contributed by atoms with Crippen LogP contribution in [-0.4, -0.2) is 50.6 Å². The van der Waals surface area contributed by atoms with E-state index in [2.05, 4.69) is 10.6 Å². The number of anilines is 1. The average molecular weight is 429 g/mol. The minimum absolute atomic E-state index is 0.0506. The molecular weight excluding hydrogens is 409 g/mol. The van der Waals surface area contributed by atoms with E-state index in [9.17, 15) is 18.8 Å². The lowest BCUT2D eigenvalue weighted by Gasteiger charge is -2.14. The van der Waals surface area contributed by atoms with Crippen LogP contribution in [0.25, 0.3) is 6.08 Å². The number of amides is 4. The molecule has 0 spiro atoms. The van der Waals surface area contributed by atoms with E-state index in [4.69, 9.17) is 14.2 Å². The van der Waals surface area contributed by atoms with Crippen molar-refractivity contribution in [2.24, 2.45) is 0 Å². The monoisotopic (exact) mass is 429 g/mol. The first-order valence-corrected chi connectivity index (χ1v) is 9.07. The van der Waals surface area contributed by atoms with Gasteiger partial charge in [0.1, 0.15) is 18.1 Å². The smallest absolute Gasteiger partial charge is 0.329 e. The standard InChI is InChI=1S/C21H20FN3O6/c1-29-16-9-8-12(18(30-2)19(16)31-3)10-15-20(27)25(21(28)24-15)11-17(26)23-14-7-5-4-6-13(14)22/h4-10H,11H2,1-3H3,(H,23,26)(H,24,28)/b15-10+. The first kappa shape index (κ1) is 21.6. The second-order valence-corrected chi connectivity index (χ2v) is 6.33. The van der Waals surface area contributed by atoms with Crippen molar-refractivity contribution >= 4 is 29.6 Å². The second-order valence-electron chi connectivity index (χ2n) is 6.33. The van der Waals surface area contributed by atoms with Gasteiger partial charge in [-0.3, -0.25) is 9.59 Å². The molecule has 1 aliphatic rings. The first-order valence-electron chi connectivity index (χ1n) is 9.07. The predicted molar refractivity (Wildman–Crippen MR) is 109 cm³/mol. The summed E-state index contributed by atoms with van der Waals surface area (Å²) in [6.45, 7) is -0.584. The molecule has 3 rings (SSSR count). The zero-order chi connectivity index (χ0) is 22.5. The lowest BCUT2D eigenvalue weighted by atomic mass is 10.1. The number of carbonyl (C=O) groups is 3. The van der Waals surface area contributed by atoms with E-state index < -0.39 is 30.2 Å². The van der Waals surface area contributed by atoms with Crippen molar-refractivity contribution in [3.63, 3.8) is 0 Å². The van der Waals surface area contributed by atoms with Gasteiger partial charge in [-0.05, 0) is 30.3 Å². The Morgan fingerprint density at radius 2 is 1.77 bits per heavy atom. The lowest BCUT2D eigenvalue weighted by molar-refractivity contribution is -0.127. The van der Waals surface area contributed by atoms with Crippen LogP contribution in [0.5, 0.6) is 17.2 Å². The van der Waals surface area contributed by atoms with Gasteiger partial charge in [0.2, 0.25) is 11.7 Å². The summed E-state index contributed by atoms with van der Waals surface area (Å²) in [6.07, 6.45) is 1.40. The van der Waals surface area contributed by atoms with Crippen LogP contribution in [0.1, 0.15) is 5.56 Å². The van der Waals surface area contributed by atoms with Crippen molar-refractivity contribution in [2.45, 2.75) is 0 Å². The maximum Gasteiger partial charge on any atom is 0.329 e. The van der Waals surface area contributed by atoms with Gasteiger partial charge in [0.25, 0.3) is 5.91 Å². The maximum atomic E-state index is 13.7. The van der Waals surface area contributed by atoms with E-state index in [1.165, 1.54) is 45.6 Å². The van der Waals surface area contributed by atoms with Gasteiger partial charge in [-0.2, -0.15) is 0 Å². The SMILES string of the molecule is COc1ccc(/C=C2/NC(=O)N(CC(=O)Nc3ccccc3F)C2=O)c(OC)c1OC. The van der Waals surface area contributed by atoms with Gasteiger partial charge in [-0.1, -0.05) is 12.1 Å². The molecule has 2 N–H and O–H groups in total. The van der Waals surface area contributed by atoms with E-state index in [-0.39, 0.29) is 11.4 Å². The molecule has 0 aliphatic carbocycles. The summed E-state index contributed by atoms with van der Waals surface area (Å²) in [5.41, 5.74) is 0.334. The number of para-hydroxylation sites is 1. The zero-order valence-electron chi connectivity index (χ0n) is 17.0. The molecule has 1 saturated heterocycles. The molecule has 0 atom stereocenters. The van der Waals surface area contributed by atoms with Crippen LogP contribution in [0.2, 0.25) is 0 Å². The highest BCUT2D eigenvalue weighted by Gasteiger charge is 2.35. The third-order valence-electron chi connectivity index (χ3n) is 4.45. The molecule has 4 amide bonds. The number of urea groups is 1. The number of halogens is 1. The van der Waals surface area contributed by atoms with Crippen molar-refractivity contribution in [3.05, 3.63) is 53.5 Å². The molecule has 31 heavy (non-hydrogen) atoms. The lowest BCUT2D eigenvalue weighted by Crippen LogP contribution is -2.38. The molecule has 1 fully saturated rings. The van der Waals surface area contributed by atoms with E-state index in [0.717, 1.165) is 4.90 Å². The largest absolute Gasteiger partial charge is 0.493 e. The number of rotatable bonds is 7. The Hall–Kier alpha value is -4.08. The van der Waals surface area contributed by atoms with Gasteiger partial charge in [0.15, 0.2) is 11.5 Å². The summed E-state index contributed by atoms with van der Waals surface area (Å²) in [5, 5.41) is 4.75. The van der Waals surface area contributed by atoms with E-state index in [0.29, 0.717) is 22.8 Å². The van der Waals surface area contributed by atoms with Crippen LogP contribution >= 0.6 is 0 Å². The number of hydrogen-bond donors (Lipinski definition) is 2. The third-order valence-corrected chi connectivity index (χ3v) is 4.45. The van der Waals surface area contributed by atoms with Gasteiger partial charge in [-0.25, -0.2) is 14.1 Å². The highest BCUT2D eigenvalue weighted by atomic mass is 19.1. The van der Waals surface area contributed by atoms with Crippen LogP contribution in [0, 0.1) is 5.82 Å². The van der Waals surface area contributed by atoms with E-state index >= 15 is 0 Å². The minimum Gasteiger partial charge on any atom is -0.493 e. The molecule has 0 bridgehead atoms. The minimum atomic E-state index is -0.778. The van der Waals surface area contributed by atoms with Crippen molar-refractivity contribution in [1.82, 2.24) is 10.2 Å². The van der Waals surface area contributed by atoms with Crippen LogP contribution in [0.3, 0.4) is 0 Å². The summed E-state index contributed by atoms with van der Waals surface area (Å²) in [7, 11) is 4.34. The quantitative estimate of drug-likeness (QED) is 0.517. The molecule has 0 saturated carbocycles. The molecular formula is C21H20FN3O6. The van der Waals surface area contributed by atoms with Gasteiger partial charge < -0.3 is 24.8 Å². The number of ether oxygens (including phenoxy) is 3. The van der Waals surface area contributed by atoms with Crippen LogP contribution < -0.4 is 24.8 Å². The van der Waals surface area contributed by atoms with E-state index in [1.54, 1.807) is 18.2 Å². The number of hydrogen-bond acceptors (Lipinski definition) is 6. The summed E-state index contributed by atoms with van der Waals surface area (Å²) < 4.78 is 29.6. The Morgan fingerprint density at radius 3 is 2.42 bits per heavy atom. The van der Waals surface area contributed by atoms with Crippen molar-refractivity contribution in [2.75, 3.05) is 33.2 Å². The molecule has 0 unspecified atom stereocenters. The van der Waals surface area contributed by atoms with Crippen LogP contribution in [-0.2, 0) is 9.59 Å². The fraction of sp³-hybridized carbons (Fsp3) is 0.190. The van der Waals surface area contributed by atoms with Crippen molar-refractivity contribution in [1.29, 1.82) is 0 Å². The maximum absolute atomic E-state index is 13.7. The van der Waals surface area contributed by atoms with Gasteiger partial charge in [0.05, 0.1) is 27.0 Å². The Kier molecular flexibility index (Phi) is 6.39. The first-order chi connectivity index (χ1) is 14.9. The number of methoxy groups -OCH3 is 3. The summed E-state index contributed by atoms with van der Waals surface area (Å²) in [4.78, 5) is 37.8. The Bertz CT molecular complexity index is 1070. The van der Waals surface area contributed by atoms with Gasteiger partial charge in [-0.15, -0.1) is 0 Å². The van der Waals surface area contributed by atoms with Gasteiger partial charge in [0, 0.05) is 5.56 Å². The number of nitrogens with zero attached hydrogens (tertiary/aromatic N) is 1. The Morgan fingerprint density at radius 1 is 1.06 bits per heavy atom. The van der Waals surface area contributed by atoms with Crippen molar-refractivity contribution < 1.29 is 33.0 Å². The fourth-order valence-corrected chi connectivity index (χ4v) is 3.00. The highest BCUT2D eigenvalue weighted by molar-refractivity contribution is 6.16. The molecule has 0 aromatic heterocycles. The fourth-order valence-electron chi connectivity index (χ4n) is 3.00. The third kappa shape index (κ3) is 4.42. The van der Waals surface area contributed by atoms with Crippen LogP contribution in [0.15, 0.2) is 42.1 Å². The van der Waals surface area contributed by atoms with E-state index in [1.807, 2.05) is 0 Å². The molecule has 2 aromatic rings. The van der Waals surface area contributed by atoms with Crippen molar-refractivity contribution in [3.8, 4) is 17.2 Å². The van der Waals surface area contributed by atoms with Crippen LogP contribution in [0.4, 0.5) is 14.9 Å². The molecule has 2 aromatic carbocycles. The molecule has 162 valence electrons. The number of nitrogens with one attached hydrogen (secondary N) is 2. The normalized spacial score (nSPS) is 14.5.